The molecule has 1 heterocycles. The van der Waals surface area contributed by atoms with Crippen LogP contribution < -0.4 is 9.47 Å². The average molecular weight is 277 g/mol. The Morgan fingerprint density at radius 3 is 2.85 bits per heavy atom. The first-order chi connectivity index (χ1) is 9.61. The first-order valence-corrected chi connectivity index (χ1v) is 6.20. The minimum Gasteiger partial charge on any atom is -0.488 e. The van der Waals surface area contributed by atoms with Gasteiger partial charge in [0.1, 0.15) is 18.2 Å². The smallest absolute Gasteiger partial charge is 0.219 e. The SMILES string of the molecule is COc1ncccc1COc1ccc(F)cc1[C@@H](C)O. The summed E-state index contributed by atoms with van der Waals surface area (Å²) in [7, 11) is 1.53. The molecule has 1 N–H and O–H groups in total. The Morgan fingerprint density at radius 2 is 2.15 bits per heavy atom. The number of halogens is 1. The van der Waals surface area contributed by atoms with E-state index in [1.54, 1.807) is 19.2 Å². The molecule has 0 amide bonds. The number of aliphatic hydroxyl groups is 1. The van der Waals surface area contributed by atoms with Gasteiger partial charge in [0, 0.05) is 11.8 Å². The molecule has 0 saturated heterocycles. The van der Waals surface area contributed by atoms with Gasteiger partial charge in [-0.15, -0.1) is 0 Å². The van der Waals surface area contributed by atoms with Crippen LogP contribution in [0.2, 0.25) is 0 Å². The molecule has 5 heteroatoms. The van der Waals surface area contributed by atoms with Gasteiger partial charge >= 0.3 is 0 Å². The predicted octanol–water partition coefficient (Wildman–Crippen LogP) is 2.86. The molecule has 2 aromatic rings. The van der Waals surface area contributed by atoms with Crippen LogP contribution in [0, 0.1) is 5.82 Å². The van der Waals surface area contributed by atoms with E-state index in [0.717, 1.165) is 5.56 Å². The molecule has 0 unspecified atom stereocenters. The van der Waals surface area contributed by atoms with Crippen molar-refractivity contribution in [3.05, 3.63) is 53.5 Å². The number of pyridine rings is 1. The fourth-order valence-corrected chi connectivity index (χ4v) is 1.85. The van der Waals surface area contributed by atoms with Crippen LogP contribution in [0.5, 0.6) is 11.6 Å². The van der Waals surface area contributed by atoms with Crippen molar-refractivity contribution in [2.45, 2.75) is 19.6 Å². The van der Waals surface area contributed by atoms with E-state index in [1.807, 2.05) is 6.07 Å². The molecule has 4 nitrogen and oxygen atoms in total. The molecule has 0 bridgehead atoms. The molecule has 0 saturated carbocycles. The van der Waals surface area contributed by atoms with Crippen LogP contribution in [0.25, 0.3) is 0 Å². The van der Waals surface area contributed by atoms with Crippen LogP contribution in [-0.4, -0.2) is 17.2 Å². The van der Waals surface area contributed by atoms with Gasteiger partial charge in [-0.1, -0.05) is 0 Å². The van der Waals surface area contributed by atoms with Gasteiger partial charge in [-0.05, 0) is 37.3 Å². The molecule has 1 atom stereocenters. The van der Waals surface area contributed by atoms with Crippen molar-refractivity contribution in [3.8, 4) is 11.6 Å². The zero-order chi connectivity index (χ0) is 14.5. The van der Waals surface area contributed by atoms with Crippen LogP contribution in [0.1, 0.15) is 24.2 Å². The molecule has 0 fully saturated rings. The van der Waals surface area contributed by atoms with Crippen molar-refractivity contribution >= 4 is 0 Å². The number of nitrogens with zero attached hydrogens (tertiary/aromatic N) is 1. The normalized spacial score (nSPS) is 12.0. The highest BCUT2D eigenvalue weighted by atomic mass is 19.1. The fourth-order valence-electron chi connectivity index (χ4n) is 1.85. The van der Waals surface area contributed by atoms with E-state index in [4.69, 9.17) is 9.47 Å². The summed E-state index contributed by atoms with van der Waals surface area (Å²) in [6.07, 6.45) is 0.818. The van der Waals surface area contributed by atoms with Gasteiger partial charge in [0.15, 0.2) is 0 Å². The minimum absolute atomic E-state index is 0.225. The summed E-state index contributed by atoms with van der Waals surface area (Å²) in [5.74, 6) is 0.507. The largest absolute Gasteiger partial charge is 0.488 e. The Bertz CT molecular complexity index is 587. The number of methoxy groups -OCH3 is 1. The van der Waals surface area contributed by atoms with Gasteiger partial charge in [0.25, 0.3) is 0 Å². The Hall–Kier alpha value is -2.14. The molecule has 0 aliphatic heterocycles. The summed E-state index contributed by atoms with van der Waals surface area (Å²) in [6, 6.07) is 7.67. The van der Waals surface area contributed by atoms with Crippen LogP contribution in [0.15, 0.2) is 36.5 Å². The number of benzene rings is 1. The van der Waals surface area contributed by atoms with Gasteiger partial charge in [0.05, 0.1) is 18.8 Å². The second-order valence-electron chi connectivity index (χ2n) is 4.32. The van der Waals surface area contributed by atoms with Crippen LogP contribution in [-0.2, 0) is 6.61 Å². The van der Waals surface area contributed by atoms with E-state index in [-0.39, 0.29) is 6.61 Å². The van der Waals surface area contributed by atoms with Gasteiger partial charge in [-0.2, -0.15) is 0 Å². The maximum atomic E-state index is 13.2. The third kappa shape index (κ3) is 3.24. The molecule has 1 aromatic carbocycles. The monoisotopic (exact) mass is 277 g/mol. The molecule has 106 valence electrons. The lowest BCUT2D eigenvalue weighted by molar-refractivity contribution is 0.189. The number of ether oxygens (including phenoxy) is 2. The molecule has 0 aliphatic rings. The first-order valence-electron chi connectivity index (χ1n) is 6.20. The van der Waals surface area contributed by atoms with E-state index in [9.17, 15) is 9.50 Å². The topological polar surface area (TPSA) is 51.6 Å². The molecule has 20 heavy (non-hydrogen) atoms. The van der Waals surface area contributed by atoms with Crippen LogP contribution in [0.3, 0.4) is 0 Å². The summed E-state index contributed by atoms with van der Waals surface area (Å²) in [6.45, 7) is 1.79. The maximum absolute atomic E-state index is 13.2. The number of aromatic nitrogens is 1. The molecule has 0 spiro atoms. The first kappa shape index (κ1) is 14.3. The van der Waals surface area contributed by atoms with E-state index in [2.05, 4.69) is 4.98 Å². The van der Waals surface area contributed by atoms with Gasteiger partial charge in [-0.3, -0.25) is 0 Å². The van der Waals surface area contributed by atoms with Crippen molar-refractivity contribution < 1.29 is 19.0 Å². The lowest BCUT2D eigenvalue weighted by Gasteiger charge is -2.14. The van der Waals surface area contributed by atoms with Crippen molar-refractivity contribution in [2.24, 2.45) is 0 Å². The molecule has 0 radical (unpaired) electrons. The number of rotatable bonds is 5. The number of aliphatic hydroxyl groups excluding tert-OH is 1. The number of hydrogen-bond donors (Lipinski definition) is 1. The van der Waals surface area contributed by atoms with E-state index < -0.39 is 11.9 Å². The highest BCUT2D eigenvalue weighted by Gasteiger charge is 2.12. The highest BCUT2D eigenvalue weighted by Crippen LogP contribution is 2.27. The van der Waals surface area contributed by atoms with E-state index in [1.165, 1.54) is 25.3 Å². The molecule has 2 rings (SSSR count). The maximum Gasteiger partial charge on any atom is 0.219 e. The second kappa shape index (κ2) is 6.34. The molecular weight excluding hydrogens is 261 g/mol. The fraction of sp³-hybridized carbons (Fsp3) is 0.267. The average Bonchev–Trinajstić information content (AvgIpc) is 2.46. The van der Waals surface area contributed by atoms with Gasteiger partial charge < -0.3 is 14.6 Å². The summed E-state index contributed by atoms with van der Waals surface area (Å²) in [4.78, 5) is 4.07. The summed E-state index contributed by atoms with van der Waals surface area (Å²) in [5, 5.41) is 9.64. The van der Waals surface area contributed by atoms with Crippen molar-refractivity contribution in [3.63, 3.8) is 0 Å². The van der Waals surface area contributed by atoms with Crippen LogP contribution in [0.4, 0.5) is 4.39 Å². The van der Waals surface area contributed by atoms with E-state index in [0.29, 0.717) is 17.2 Å². The Morgan fingerprint density at radius 1 is 1.35 bits per heavy atom. The number of hydrogen-bond acceptors (Lipinski definition) is 4. The zero-order valence-electron chi connectivity index (χ0n) is 11.3. The molecular formula is C15H16FNO3. The lowest BCUT2D eigenvalue weighted by atomic mass is 10.1. The van der Waals surface area contributed by atoms with E-state index >= 15 is 0 Å². The Balaban J connectivity index is 2.19. The lowest BCUT2D eigenvalue weighted by Crippen LogP contribution is -2.03. The third-order valence-corrected chi connectivity index (χ3v) is 2.85. The highest BCUT2D eigenvalue weighted by molar-refractivity contribution is 5.36. The van der Waals surface area contributed by atoms with Gasteiger partial charge in [-0.25, -0.2) is 9.37 Å². The third-order valence-electron chi connectivity index (χ3n) is 2.85. The Kier molecular flexibility index (Phi) is 4.53. The summed E-state index contributed by atoms with van der Waals surface area (Å²) in [5.41, 5.74) is 1.18. The van der Waals surface area contributed by atoms with Gasteiger partial charge in [0.2, 0.25) is 5.88 Å². The predicted molar refractivity (Wildman–Crippen MR) is 72.2 cm³/mol. The standard InChI is InChI=1S/C15H16FNO3/c1-10(18)13-8-12(16)5-6-14(13)20-9-11-4-3-7-17-15(11)19-2/h3-8,10,18H,9H2,1-2H3/t10-/m1/s1. The summed E-state index contributed by atoms with van der Waals surface area (Å²) >= 11 is 0. The minimum atomic E-state index is -0.809. The van der Waals surface area contributed by atoms with Crippen molar-refractivity contribution in [1.29, 1.82) is 0 Å². The van der Waals surface area contributed by atoms with Crippen molar-refractivity contribution in [1.82, 2.24) is 4.98 Å². The zero-order valence-corrected chi connectivity index (χ0v) is 11.3. The van der Waals surface area contributed by atoms with Crippen molar-refractivity contribution in [2.75, 3.05) is 7.11 Å². The summed E-state index contributed by atoms with van der Waals surface area (Å²) < 4.78 is 24.0. The van der Waals surface area contributed by atoms with Crippen LogP contribution >= 0.6 is 0 Å². The molecule has 1 aromatic heterocycles. The Labute approximate surface area is 116 Å². The quantitative estimate of drug-likeness (QED) is 0.913. The molecule has 0 aliphatic carbocycles. The second-order valence-corrected chi connectivity index (χ2v) is 4.32.